The second kappa shape index (κ2) is 6.56. The van der Waals surface area contributed by atoms with Crippen molar-refractivity contribution in [2.24, 2.45) is 0 Å². The quantitative estimate of drug-likeness (QED) is 0.283. The van der Waals surface area contributed by atoms with Gasteiger partial charge in [0, 0.05) is 6.92 Å². The van der Waals surface area contributed by atoms with E-state index in [0.717, 1.165) is 6.26 Å². The zero-order chi connectivity index (χ0) is 11.0. The first-order valence-electron chi connectivity index (χ1n) is 4.04. The maximum atomic E-state index is 10.5. The molecule has 0 aromatic heterocycles. The lowest BCUT2D eigenvalue weighted by atomic mass is 10.4. The highest BCUT2D eigenvalue weighted by Gasteiger charge is 1.98. The fourth-order valence-electron chi connectivity index (χ4n) is 0.619. The summed E-state index contributed by atoms with van der Waals surface area (Å²) >= 11 is 0. The van der Waals surface area contributed by atoms with E-state index >= 15 is 0 Å². The minimum absolute atomic E-state index is 0.107. The maximum absolute atomic E-state index is 10.5. The number of rotatable bonds is 6. The molecule has 0 aliphatic heterocycles. The first-order chi connectivity index (χ1) is 6.42. The van der Waals surface area contributed by atoms with Crippen molar-refractivity contribution in [1.29, 1.82) is 0 Å². The van der Waals surface area contributed by atoms with Crippen molar-refractivity contribution in [3.63, 3.8) is 0 Å². The molecule has 0 aliphatic rings. The van der Waals surface area contributed by atoms with Gasteiger partial charge in [0.2, 0.25) is 0 Å². The third kappa shape index (κ3) is 11.1. The van der Waals surface area contributed by atoms with Gasteiger partial charge in [-0.05, 0) is 6.42 Å². The van der Waals surface area contributed by atoms with E-state index in [2.05, 4.69) is 8.92 Å². The minimum Gasteiger partial charge on any atom is -0.462 e. The van der Waals surface area contributed by atoms with Gasteiger partial charge in [0.1, 0.15) is 6.61 Å². The third-order valence-corrected chi connectivity index (χ3v) is 1.73. The third-order valence-electron chi connectivity index (χ3n) is 1.13. The summed E-state index contributed by atoms with van der Waals surface area (Å²) in [7, 11) is -3.35. The monoisotopic (exact) mass is 222 g/mol. The first kappa shape index (κ1) is 13.1. The van der Waals surface area contributed by atoms with Crippen molar-refractivity contribution >= 4 is 16.1 Å². The van der Waals surface area contributed by atoms with Gasteiger partial charge < -0.3 is 4.74 Å². The fourth-order valence-corrected chi connectivity index (χ4v) is 1.02. The molecule has 0 atom stereocenters. The molecule has 5 nitrogen and oxygen atoms in total. The van der Waals surface area contributed by atoms with Gasteiger partial charge in [-0.2, -0.15) is 8.42 Å². The second-order valence-electron chi connectivity index (χ2n) is 2.59. The lowest BCUT2D eigenvalue weighted by Gasteiger charge is -1.97. The summed E-state index contributed by atoms with van der Waals surface area (Å²) in [5.41, 5.74) is 0. The predicted molar refractivity (Wildman–Crippen MR) is 51.2 cm³/mol. The highest BCUT2D eigenvalue weighted by Crippen LogP contribution is 1.91. The normalized spacial score (nSPS) is 11.9. The average Bonchev–Trinajstić information content (AvgIpc) is 2.00. The smallest absolute Gasteiger partial charge is 0.302 e. The van der Waals surface area contributed by atoms with E-state index in [4.69, 9.17) is 0 Å². The van der Waals surface area contributed by atoms with Crippen molar-refractivity contribution in [3.05, 3.63) is 12.2 Å². The zero-order valence-corrected chi connectivity index (χ0v) is 9.04. The molecule has 0 unspecified atom stereocenters. The molecule has 0 aromatic carbocycles. The van der Waals surface area contributed by atoms with Crippen LogP contribution in [0.4, 0.5) is 0 Å². The van der Waals surface area contributed by atoms with Crippen molar-refractivity contribution in [3.8, 4) is 0 Å². The summed E-state index contributed by atoms with van der Waals surface area (Å²) in [5.74, 6) is -0.345. The number of hydrogen-bond acceptors (Lipinski definition) is 5. The van der Waals surface area contributed by atoms with Gasteiger partial charge in [-0.15, -0.1) is 0 Å². The molecule has 0 rings (SSSR count). The number of ether oxygens (including phenoxy) is 1. The van der Waals surface area contributed by atoms with Crippen LogP contribution in [0.2, 0.25) is 0 Å². The topological polar surface area (TPSA) is 69.7 Å². The Kier molecular flexibility index (Phi) is 6.14. The molecule has 0 aliphatic carbocycles. The summed E-state index contributed by atoms with van der Waals surface area (Å²) in [5, 5.41) is 0. The van der Waals surface area contributed by atoms with Crippen molar-refractivity contribution < 1.29 is 22.1 Å². The summed E-state index contributed by atoms with van der Waals surface area (Å²) in [4.78, 5) is 10.3. The Bertz CT molecular complexity index is 291. The summed E-state index contributed by atoms with van der Waals surface area (Å²) in [6.45, 7) is 1.63. The molecular weight excluding hydrogens is 208 g/mol. The first-order valence-corrected chi connectivity index (χ1v) is 5.86. The van der Waals surface area contributed by atoms with E-state index in [0.29, 0.717) is 6.42 Å². The van der Waals surface area contributed by atoms with E-state index in [9.17, 15) is 13.2 Å². The highest BCUT2D eigenvalue weighted by atomic mass is 32.2. The van der Waals surface area contributed by atoms with Crippen LogP contribution in [0.25, 0.3) is 0 Å². The van der Waals surface area contributed by atoms with Gasteiger partial charge in [0.25, 0.3) is 10.1 Å². The van der Waals surface area contributed by atoms with Gasteiger partial charge >= 0.3 is 5.97 Å². The van der Waals surface area contributed by atoms with E-state index in [-0.39, 0.29) is 19.2 Å². The van der Waals surface area contributed by atoms with Crippen molar-refractivity contribution in [2.75, 3.05) is 19.5 Å². The van der Waals surface area contributed by atoms with Crippen molar-refractivity contribution in [2.45, 2.75) is 13.3 Å². The Morgan fingerprint density at radius 1 is 1.36 bits per heavy atom. The van der Waals surface area contributed by atoms with Crippen LogP contribution in [0, 0.1) is 0 Å². The van der Waals surface area contributed by atoms with E-state index in [1.54, 1.807) is 12.2 Å². The van der Waals surface area contributed by atoms with Crippen molar-refractivity contribution in [1.82, 2.24) is 0 Å². The van der Waals surface area contributed by atoms with E-state index < -0.39 is 10.1 Å². The molecule has 0 bridgehead atoms. The van der Waals surface area contributed by atoms with Gasteiger partial charge in [-0.25, -0.2) is 0 Å². The van der Waals surface area contributed by atoms with E-state index in [1.807, 2.05) is 0 Å². The minimum atomic E-state index is -3.35. The van der Waals surface area contributed by atoms with Crippen LogP contribution in [0.3, 0.4) is 0 Å². The molecule has 0 amide bonds. The molecule has 0 saturated heterocycles. The number of esters is 1. The molecule has 14 heavy (non-hydrogen) atoms. The van der Waals surface area contributed by atoms with Gasteiger partial charge in [0.05, 0.1) is 12.9 Å². The van der Waals surface area contributed by atoms with Gasteiger partial charge in [0.15, 0.2) is 0 Å². The van der Waals surface area contributed by atoms with Crippen LogP contribution < -0.4 is 0 Å². The van der Waals surface area contributed by atoms with E-state index in [1.165, 1.54) is 6.92 Å². The molecule has 6 heteroatoms. The molecular formula is C8H14O5S. The molecule has 82 valence electrons. The van der Waals surface area contributed by atoms with Crippen LogP contribution in [-0.2, 0) is 23.8 Å². The second-order valence-corrected chi connectivity index (χ2v) is 4.23. The number of carbonyl (C=O) groups excluding carboxylic acids is 1. The lowest BCUT2D eigenvalue weighted by Crippen LogP contribution is -2.03. The molecule has 0 fully saturated rings. The predicted octanol–water partition coefficient (Wildman–Crippen LogP) is 0.472. The SMILES string of the molecule is CC(=O)OCC=CCCOS(C)(=O)=O. The van der Waals surface area contributed by atoms with Gasteiger partial charge in [-0.1, -0.05) is 12.2 Å². The Morgan fingerprint density at radius 3 is 2.50 bits per heavy atom. The van der Waals surface area contributed by atoms with Crippen LogP contribution in [-0.4, -0.2) is 33.9 Å². The Morgan fingerprint density at radius 2 is 2.00 bits per heavy atom. The molecule has 0 spiro atoms. The standard InChI is InChI=1S/C8H14O5S/c1-8(9)12-6-4-3-5-7-13-14(2,10)11/h3-4H,5-7H2,1-2H3. The zero-order valence-electron chi connectivity index (χ0n) is 8.23. The molecule has 0 heterocycles. The summed E-state index contributed by atoms with van der Waals surface area (Å²) in [6, 6.07) is 0. The van der Waals surface area contributed by atoms with Crippen LogP contribution in [0.5, 0.6) is 0 Å². The van der Waals surface area contributed by atoms with Crippen LogP contribution in [0.1, 0.15) is 13.3 Å². The molecule has 0 aromatic rings. The Balaban J connectivity index is 3.41. The number of hydrogen-bond donors (Lipinski definition) is 0. The summed E-state index contributed by atoms with van der Waals surface area (Å²) < 4.78 is 30.1. The maximum Gasteiger partial charge on any atom is 0.302 e. The molecule has 0 saturated carbocycles. The lowest BCUT2D eigenvalue weighted by molar-refractivity contribution is -0.139. The Hall–Kier alpha value is -0.880. The largest absolute Gasteiger partial charge is 0.462 e. The van der Waals surface area contributed by atoms with Gasteiger partial charge in [-0.3, -0.25) is 8.98 Å². The average molecular weight is 222 g/mol. The number of carbonyl (C=O) groups is 1. The van der Waals surface area contributed by atoms with Crippen LogP contribution in [0.15, 0.2) is 12.2 Å². The Labute approximate surface area is 83.8 Å². The molecule has 0 radical (unpaired) electrons. The fraction of sp³-hybridized carbons (Fsp3) is 0.625. The molecule has 0 N–H and O–H groups in total. The highest BCUT2D eigenvalue weighted by molar-refractivity contribution is 7.85. The van der Waals surface area contributed by atoms with Crippen LogP contribution >= 0.6 is 0 Å². The summed E-state index contributed by atoms with van der Waals surface area (Å²) in [6.07, 6.45) is 4.78.